The maximum atomic E-state index is 10.2. The molecule has 0 bridgehead atoms. The predicted molar refractivity (Wildman–Crippen MR) is 39.3 cm³/mol. The molecule has 11 heavy (non-hydrogen) atoms. The van der Waals surface area contributed by atoms with Crippen LogP contribution in [-0.2, 0) is 0 Å². The van der Waals surface area contributed by atoms with Crippen LogP contribution in [0.1, 0.15) is 25.5 Å². The molecule has 0 radical (unpaired) electrons. The summed E-state index contributed by atoms with van der Waals surface area (Å²) < 4.78 is 0. The number of hydrogen-bond acceptors (Lipinski definition) is 3. The molecule has 1 rings (SSSR count). The van der Waals surface area contributed by atoms with E-state index in [4.69, 9.17) is 0 Å². The lowest BCUT2D eigenvalue weighted by molar-refractivity contribution is -0.389. The maximum Gasteiger partial charge on any atom is 0.342 e. The Morgan fingerprint density at radius 1 is 1.73 bits per heavy atom. The molecule has 0 fully saturated rings. The topological polar surface area (TPSA) is 71.8 Å². The first-order valence-electron chi connectivity index (χ1n) is 3.31. The Kier molecular flexibility index (Phi) is 1.89. The van der Waals surface area contributed by atoms with E-state index in [1.54, 1.807) is 0 Å². The maximum absolute atomic E-state index is 10.2. The monoisotopic (exact) mass is 155 g/mol. The number of nitrogens with one attached hydrogen (secondary N) is 1. The molecule has 60 valence electrons. The van der Waals surface area contributed by atoms with E-state index < -0.39 is 4.92 Å². The molecule has 0 aliphatic rings. The molecule has 5 nitrogen and oxygen atoms in total. The Morgan fingerprint density at radius 2 is 2.36 bits per heavy atom. The van der Waals surface area contributed by atoms with Crippen molar-refractivity contribution in [2.45, 2.75) is 19.8 Å². The normalized spacial score (nSPS) is 10.5. The van der Waals surface area contributed by atoms with Gasteiger partial charge in [-0.2, -0.15) is 0 Å². The van der Waals surface area contributed by atoms with Gasteiger partial charge in [-0.05, 0) is 10.8 Å². The van der Waals surface area contributed by atoms with Crippen LogP contribution < -0.4 is 0 Å². The van der Waals surface area contributed by atoms with Crippen LogP contribution in [0.15, 0.2) is 6.07 Å². The van der Waals surface area contributed by atoms with Gasteiger partial charge in [-0.3, -0.25) is 0 Å². The van der Waals surface area contributed by atoms with Crippen LogP contribution in [0.25, 0.3) is 0 Å². The summed E-state index contributed by atoms with van der Waals surface area (Å²) in [4.78, 5) is 9.68. The molecule has 1 heterocycles. The number of aromatic amines is 1. The number of rotatable bonds is 2. The molecule has 0 aromatic carbocycles. The second-order valence-corrected chi connectivity index (χ2v) is 2.59. The van der Waals surface area contributed by atoms with Crippen molar-refractivity contribution >= 4 is 5.82 Å². The van der Waals surface area contributed by atoms with Crippen molar-refractivity contribution in [3.05, 3.63) is 21.9 Å². The van der Waals surface area contributed by atoms with Gasteiger partial charge in [-0.25, -0.2) is 0 Å². The Bertz CT molecular complexity index is 267. The van der Waals surface area contributed by atoms with Crippen LogP contribution in [-0.4, -0.2) is 15.1 Å². The zero-order chi connectivity index (χ0) is 8.43. The van der Waals surface area contributed by atoms with Gasteiger partial charge in [0, 0.05) is 0 Å². The minimum absolute atomic E-state index is 0.0475. The first kappa shape index (κ1) is 7.71. The van der Waals surface area contributed by atoms with Gasteiger partial charge in [-0.1, -0.05) is 18.9 Å². The summed E-state index contributed by atoms with van der Waals surface area (Å²) in [5.41, 5.74) is 0.719. The second kappa shape index (κ2) is 2.69. The Hall–Kier alpha value is -1.39. The molecule has 0 spiro atoms. The molecular formula is C6H9N3O2. The largest absolute Gasteiger partial charge is 0.358 e. The predicted octanol–water partition coefficient (Wildman–Crippen LogP) is 1.44. The van der Waals surface area contributed by atoms with Crippen molar-refractivity contribution < 1.29 is 4.92 Å². The fourth-order valence-electron chi connectivity index (χ4n) is 0.716. The second-order valence-electron chi connectivity index (χ2n) is 2.59. The van der Waals surface area contributed by atoms with Crippen LogP contribution in [0.3, 0.4) is 0 Å². The molecule has 0 amide bonds. The fraction of sp³-hybridized carbons (Fsp3) is 0.500. The molecule has 0 atom stereocenters. The van der Waals surface area contributed by atoms with E-state index in [1.807, 2.05) is 13.8 Å². The molecule has 0 saturated heterocycles. The molecule has 5 heteroatoms. The van der Waals surface area contributed by atoms with Crippen molar-refractivity contribution in [3.63, 3.8) is 0 Å². The van der Waals surface area contributed by atoms with Gasteiger partial charge in [0.15, 0.2) is 0 Å². The van der Waals surface area contributed by atoms with Gasteiger partial charge >= 0.3 is 5.82 Å². The quantitative estimate of drug-likeness (QED) is 0.518. The Labute approximate surface area is 63.6 Å². The van der Waals surface area contributed by atoms with E-state index in [1.165, 1.54) is 6.07 Å². The van der Waals surface area contributed by atoms with E-state index in [2.05, 4.69) is 10.2 Å². The highest BCUT2D eigenvalue weighted by Gasteiger charge is 2.11. The van der Waals surface area contributed by atoms with Crippen LogP contribution in [0, 0.1) is 10.1 Å². The number of hydrogen-bond donors (Lipinski definition) is 1. The van der Waals surface area contributed by atoms with Crippen molar-refractivity contribution in [2.75, 3.05) is 0 Å². The zero-order valence-corrected chi connectivity index (χ0v) is 6.37. The fourth-order valence-corrected chi connectivity index (χ4v) is 0.716. The SMILES string of the molecule is CC(C)c1cc([N+](=O)[O-])[nH]n1. The Balaban J connectivity index is 2.90. The lowest BCUT2D eigenvalue weighted by Gasteiger charge is -1.92. The van der Waals surface area contributed by atoms with Gasteiger partial charge < -0.3 is 10.1 Å². The molecule has 1 aromatic heterocycles. The van der Waals surface area contributed by atoms with E-state index in [0.717, 1.165) is 5.69 Å². The van der Waals surface area contributed by atoms with E-state index in [0.29, 0.717) is 0 Å². The summed E-state index contributed by atoms with van der Waals surface area (Å²) in [7, 11) is 0. The first-order chi connectivity index (χ1) is 5.11. The molecule has 1 N–H and O–H groups in total. The first-order valence-corrected chi connectivity index (χ1v) is 3.31. The third kappa shape index (κ3) is 1.54. The Morgan fingerprint density at radius 3 is 2.64 bits per heavy atom. The molecule has 1 aromatic rings. The molecule has 0 unspecified atom stereocenters. The minimum Gasteiger partial charge on any atom is -0.358 e. The average Bonchev–Trinajstić information content (AvgIpc) is 2.33. The highest BCUT2D eigenvalue weighted by molar-refractivity contribution is 5.22. The summed E-state index contributed by atoms with van der Waals surface area (Å²) in [6.45, 7) is 3.86. The number of H-pyrrole nitrogens is 1. The number of nitro groups is 1. The molecule has 0 aliphatic heterocycles. The summed E-state index contributed by atoms with van der Waals surface area (Å²) >= 11 is 0. The number of aromatic nitrogens is 2. The molecule has 0 saturated carbocycles. The highest BCUT2D eigenvalue weighted by Crippen LogP contribution is 2.15. The lowest BCUT2D eigenvalue weighted by atomic mass is 10.1. The minimum atomic E-state index is -0.487. The summed E-state index contributed by atoms with van der Waals surface area (Å²) in [5.74, 6) is 0.175. The third-order valence-electron chi connectivity index (χ3n) is 1.37. The van der Waals surface area contributed by atoms with Crippen molar-refractivity contribution in [3.8, 4) is 0 Å². The van der Waals surface area contributed by atoms with Crippen LogP contribution in [0.2, 0.25) is 0 Å². The summed E-state index contributed by atoms with van der Waals surface area (Å²) in [6.07, 6.45) is 0. The standard InChI is InChI=1S/C6H9N3O2/c1-4(2)5-3-6(8-7-5)9(10)11/h3-4H,1-2H3,(H,7,8). The van der Waals surface area contributed by atoms with E-state index in [9.17, 15) is 10.1 Å². The smallest absolute Gasteiger partial charge is 0.342 e. The van der Waals surface area contributed by atoms with Crippen LogP contribution >= 0.6 is 0 Å². The van der Waals surface area contributed by atoms with Crippen LogP contribution in [0.5, 0.6) is 0 Å². The van der Waals surface area contributed by atoms with Crippen molar-refractivity contribution in [1.29, 1.82) is 0 Å². The van der Waals surface area contributed by atoms with E-state index >= 15 is 0 Å². The van der Waals surface area contributed by atoms with Crippen molar-refractivity contribution in [2.24, 2.45) is 0 Å². The molecular weight excluding hydrogens is 146 g/mol. The lowest BCUT2D eigenvalue weighted by Crippen LogP contribution is -1.86. The van der Waals surface area contributed by atoms with Gasteiger partial charge in [0.1, 0.15) is 0 Å². The van der Waals surface area contributed by atoms with E-state index in [-0.39, 0.29) is 11.7 Å². The van der Waals surface area contributed by atoms with Crippen molar-refractivity contribution in [1.82, 2.24) is 10.2 Å². The van der Waals surface area contributed by atoms with Gasteiger partial charge in [0.05, 0.1) is 11.8 Å². The van der Waals surface area contributed by atoms with Crippen LogP contribution in [0.4, 0.5) is 5.82 Å². The van der Waals surface area contributed by atoms with Gasteiger partial charge in [0.25, 0.3) is 0 Å². The third-order valence-corrected chi connectivity index (χ3v) is 1.37. The summed E-state index contributed by atoms with van der Waals surface area (Å²) in [5, 5.41) is 16.3. The zero-order valence-electron chi connectivity index (χ0n) is 6.37. The number of nitrogens with zero attached hydrogens (tertiary/aromatic N) is 2. The summed E-state index contributed by atoms with van der Waals surface area (Å²) in [6, 6.07) is 1.45. The molecule has 0 aliphatic carbocycles. The van der Waals surface area contributed by atoms with Gasteiger partial charge in [-0.15, -0.1) is 5.10 Å². The average molecular weight is 155 g/mol. The highest BCUT2D eigenvalue weighted by atomic mass is 16.6. The van der Waals surface area contributed by atoms with Gasteiger partial charge in [0.2, 0.25) is 0 Å².